The molecule has 0 saturated carbocycles. The molecule has 0 unspecified atom stereocenters. The second-order valence-corrected chi connectivity index (χ2v) is 9.75. The average Bonchev–Trinajstić information content (AvgIpc) is 3.01. The molecule has 48 heavy (non-hydrogen) atoms. The van der Waals surface area contributed by atoms with Gasteiger partial charge in [0.25, 0.3) is 11.8 Å². The van der Waals surface area contributed by atoms with Crippen molar-refractivity contribution < 1.29 is 46.5 Å². The minimum atomic E-state index is -1.06. The molecule has 0 aliphatic carbocycles. The minimum Gasteiger partial charge on any atom is -0.492 e. The zero-order chi connectivity index (χ0) is 31.4. The van der Waals surface area contributed by atoms with E-state index in [4.69, 9.17) is 9.47 Å². The van der Waals surface area contributed by atoms with Gasteiger partial charge in [0, 0.05) is 41.9 Å². The number of anilines is 2. The molecule has 1 atom stereocenters. The fourth-order valence-corrected chi connectivity index (χ4v) is 4.60. The number of Topliss-reactive ketones (excluding diaryl/α,β-unsaturated/α-hetero) is 1. The van der Waals surface area contributed by atoms with Gasteiger partial charge in [-0.1, -0.05) is 47.9 Å². The van der Waals surface area contributed by atoms with Gasteiger partial charge in [0.2, 0.25) is 0 Å². The summed E-state index contributed by atoms with van der Waals surface area (Å²) < 4.78 is 63.0. The van der Waals surface area contributed by atoms with Gasteiger partial charge in [0.1, 0.15) is 11.5 Å². The van der Waals surface area contributed by atoms with E-state index >= 15 is 0 Å². The van der Waals surface area contributed by atoms with E-state index in [1.54, 1.807) is 30.3 Å². The van der Waals surface area contributed by atoms with Crippen molar-refractivity contribution in [1.29, 1.82) is 0 Å². The number of carbonyl (C=O) groups excluding carboxylic acids is 3. The van der Waals surface area contributed by atoms with Crippen LogP contribution in [0.15, 0.2) is 72.8 Å². The van der Waals surface area contributed by atoms with Crippen LogP contribution in [0.4, 0.5) is 28.9 Å². The number of halogens is 4. The van der Waals surface area contributed by atoms with E-state index in [0.717, 1.165) is 24.3 Å². The van der Waals surface area contributed by atoms with Gasteiger partial charge in [-0.25, -0.2) is 17.6 Å². The number of benzene rings is 4. The molecule has 8 nitrogen and oxygen atoms in total. The number of fused-ring (bicyclic) bond motifs is 2. The summed E-state index contributed by atoms with van der Waals surface area (Å²) in [5, 5.41) is 14.9. The number of rotatable bonds is 4. The van der Waals surface area contributed by atoms with Crippen LogP contribution in [0.1, 0.15) is 85.3 Å². The van der Waals surface area contributed by atoms with Gasteiger partial charge in [-0.2, -0.15) is 0 Å². The Hall–Kier alpha value is -5.23. The summed E-state index contributed by atoms with van der Waals surface area (Å²) in [4.78, 5) is 36.4. The van der Waals surface area contributed by atoms with Crippen molar-refractivity contribution in [3.63, 3.8) is 0 Å². The summed E-state index contributed by atoms with van der Waals surface area (Å²) in [6.07, 6.45) is 0.0439. The van der Waals surface area contributed by atoms with Gasteiger partial charge in [-0.05, 0) is 42.5 Å². The zero-order valence-electron chi connectivity index (χ0n) is 22.8. The maximum atomic E-state index is 13.2. The molecule has 258 valence electrons. The standard InChI is InChI=1S/C16H13F2NO3.C16H11F2NO3.4CH4/c2*17-12-5-4-9(8-13(12)18)19-16(21)11-3-1-2-10-14(20)6-7-22-15(10)11;;;;/h1-5,8,14,20H,6-7H2,(H,19,21);1-5,8H,6-7H2,(H,19,21);4*1H4/t14-;;;;;/m1...../s1. The minimum absolute atomic E-state index is 0. The van der Waals surface area contributed by atoms with Gasteiger partial charge in [-0.15, -0.1) is 0 Å². The van der Waals surface area contributed by atoms with Crippen LogP contribution < -0.4 is 20.1 Å². The molecule has 2 aliphatic rings. The molecule has 0 saturated heterocycles. The predicted molar refractivity (Wildman–Crippen MR) is 178 cm³/mol. The number of aliphatic hydroxyl groups excluding tert-OH is 1. The Bertz CT molecular complexity index is 1760. The van der Waals surface area contributed by atoms with E-state index in [9.17, 15) is 37.1 Å². The van der Waals surface area contributed by atoms with Crippen molar-refractivity contribution in [3.05, 3.63) is 118 Å². The van der Waals surface area contributed by atoms with Crippen LogP contribution in [0, 0.1) is 23.3 Å². The molecule has 0 bridgehead atoms. The van der Waals surface area contributed by atoms with E-state index in [-0.39, 0.29) is 76.8 Å². The third-order valence-electron chi connectivity index (χ3n) is 6.78. The van der Waals surface area contributed by atoms with Crippen molar-refractivity contribution in [2.75, 3.05) is 23.8 Å². The number of hydrogen-bond donors (Lipinski definition) is 3. The number of para-hydroxylation sites is 2. The highest BCUT2D eigenvalue weighted by atomic mass is 19.2. The summed E-state index contributed by atoms with van der Waals surface area (Å²) >= 11 is 0. The van der Waals surface area contributed by atoms with Crippen molar-refractivity contribution >= 4 is 29.0 Å². The lowest BCUT2D eigenvalue weighted by molar-refractivity contribution is 0.0929. The monoisotopic (exact) mass is 672 g/mol. The first-order chi connectivity index (χ1) is 21.1. The van der Waals surface area contributed by atoms with E-state index < -0.39 is 41.2 Å². The van der Waals surface area contributed by atoms with Crippen LogP contribution >= 0.6 is 0 Å². The molecule has 12 heteroatoms. The Kier molecular flexibility index (Phi) is 15.0. The SMILES string of the molecule is C.C.C.C.O=C(Nc1ccc(F)c(F)c1)c1cccc2c1OCC[C@H]2O.O=C1CCOc2c1cccc2C(=O)Nc1ccc(F)c(F)c1. The van der Waals surface area contributed by atoms with Gasteiger partial charge in [0.15, 0.2) is 29.1 Å². The van der Waals surface area contributed by atoms with Crippen molar-refractivity contribution in [2.24, 2.45) is 0 Å². The van der Waals surface area contributed by atoms with E-state index in [1.165, 1.54) is 18.2 Å². The second kappa shape index (κ2) is 17.6. The van der Waals surface area contributed by atoms with E-state index in [2.05, 4.69) is 10.6 Å². The predicted octanol–water partition coefficient (Wildman–Crippen LogP) is 8.76. The van der Waals surface area contributed by atoms with Crippen molar-refractivity contribution in [1.82, 2.24) is 0 Å². The fraction of sp³-hybridized carbons (Fsp3) is 0.250. The topological polar surface area (TPSA) is 114 Å². The Morgan fingerprint density at radius 2 is 1.17 bits per heavy atom. The van der Waals surface area contributed by atoms with Crippen molar-refractivity contribution in [2.45, 2.75) is 48.7 Å². The number of ketones is 1. The number of ether oxygens (including phenoxy) is 2. The molecular weight excluding hydrogens is 632 g/mol. The smallest absolute Gasteiger partial charge is 0.259 e. The molecule has 2 amide bonds. The first-order valence-corrected chi connectivity index (χ1v) is 13.4. The molecular formula is C36H40F4N2O6. The molecule has 2 heterocycles. The summed E-state index contributed by atoms with van der Waals surface area (Å²) in [6, 6.07) is 15.7. The van der Waals surface area contributed by atoms with Gasteiger partial charge in [0.05, 0.1) is 36.0 Å². The Labute approximate surface area is 277 Å². The number of hydrogen-bond acceptors (Lipinski definition) is 6. The van der Waals surface area contributed by atoms with Crippen LogP contribution in [0.25, 0.3) is 0 Å². The van der Waals surface area contributed by atoms with Gasteiger partial charge < -0.3 is 25.2 Å². The summed E-state index contributed by atoms with van der Waals surface area (Å²) in [5.41, 5.74) is 1.56. The second-order valence-electron chi connectivity index (χ2n) is 9.75. The van der Waals surface area contributed by atoms with Crippen LogP contribution in [-0.2, 0) is 0 Å². The zero-order valence-corrected chi connectivity index (χ0v) is 22.8. The maximum Gasteiger partial charge on any atom is 0.259 e. The lowest BCUT2D eigenvalue weighted by atomic mass is 9.99. The summed E-state index contributed by atoms with van der Waals surface area (Å²) in [6.45, 7) is 0.519. The van der Waals surface area contributed by atoms with Crippen molar-refractivity contribution in [3.8, 4) is 11.5 Å². The van der Waals surface area contributed by atoms with Gasteiger partial charge >= 0.3 is 0 Å². The molecule has 0 radical (unpaired) electrons. The van der Waals surface area contributed by atoms with E-state index in [0.29, 0.717) is 29.9 Å². The molecule has 4 aromatic rings. The highest BCUT2D eigenvalue weighted by molar-refractivity contribution is 6.10. The maximum absolute atomic E-state index is 13.2. The molecule has 6 rings (SSSR count). The largest absolute Gasteiger partial charge is 0.492 e. The van der Waals surface area contributed by atoms with Crippen LogP contribution in [0.5, 0.6) is 11.5 Å². The molecule has 3 N–H and O–H groups in total. The highest BCUT2D eigenvalue weighted by Gasteiger charge is 2.26. The number of amides is 2. The van der Waals surface area contributed by atoms with Crippen LogP contribution in [0.3, 0.4) is 0 Å². The lowest BCUT2D eigenvalue weighted by Crippen LogP contribution is -2.20. The molecule has 0 aromatic heterocycles. The molecule has 2 aliphatic heterocycles. The number of aliphatic hydroxyl groups is 1. The van der Waals surface area contributed by atoms with Crippen LogP contribution in [-0.4, -0.2) is 35.9 Å². The molecule has 4 aromatic carbocycles. The fourth-order valence-electron chi connectivity index (χ4n) is 4.60. The van der Waals surface area contributed by atoms with E-state index in [1.807, 2.05) is 0 Å². The Balaban J connectivity index is 0.000000443. The quantitative estimate of drug-likeness (QED) is 0.187. The third kappa shape index (κ3) is 8.97. The van der Waals surface area contributed by atoms with Crippen LogP contribution in [0.2, 0.25) is 0 Å². The first kappa shape index (κ1) is 40.8. The lowest BCUT2D eigenvalue weighted by Gasteiger charge is -2.24. The average molecular weight is 673 g/mol. The molecule has 0 fully saturated rings. The van der Waals surface area contributed by atoms with Gasteiger partial charge in [-0.3, -0.25) is 14.4 Å². The molecule has 0 spiro atoms. The normalized spacial score (nSPS) is 13.7. The highest BCUT2D eigenvalue weighted by Crippen LogP contribution is 2.35. The third-order valence-corrected chi connectivity index (χ3v) is 6.78. The Morgan fingerprint density at radius 3 is 1.71 bits per heavy atom. The summed E-state index contributed by atoms with van der Waals surface area (Å²) in [5.74, 6) is -4.71. The summed E-state index contributed by atoms with van der Waals surface area (Å²) in [7, 11) is 0. The first-order valence-electron chi connectivity index (χ1n) is 13.4. The number of carbonyl (C=O) groups is 3. The number of nitrogens with one attached hydrogen (secondary N) is 2. The Morgan fingerprint density at radius 1 is 0.667 bits per heavy atom.